The van der Waals surface area contributed by atoms with Crippen LogP contribution in [0.3, 0.4) is 0 Å². The Morgan fingerprint density at radius 1 is 1.14 bits per heavy atom. The average Bonchev–Trinajstić information content (AvgIpc) is 3.17. The molecule has 2 heterocycles. The fourth-order valence-electron chi connectivity index (χ4n) is 3.10. The van der Waals surface area contributed by atoms with Gasteiger partial charge in [0.1, 0.15) is 12.4 Å². The highest BCUT2D eigenvalue weighted by Gasteiger charge is 2.55. The van der Waals surface area contributed by atoms with Gasteiger partial charge in [0.2, 0.25) is 5.91 Å². The molecule has 1 saturated heterocycles. The minimum atomic E-state index is -1.06. The molecule has 0 aliphatic carbocycles. The topological polar surface area (TPSA) is 94.4 Å². The molecule has 0 radical (unpaired) electrons. The number of nitrogens with zero attached hydrogens (tertiary/aromatic N) is 4. The average molecular weight is 402 g/mol. The molecule has 1 fully saturated rings. The van der Waals surface area contributed by atoms with Crippen LogP contribution in [-0.2, 0) is 14.4 Å². The van der Waals surface area contributed by atoms with Crippen molar-refractivity contribution in [2.24, 2.45) is 10.3 Å². The molecule has 0 unspecified atom stereocenters. The van der Waals surface area contributed by atoms with Crippen molar-refractivity contribution in [2.45, 2.75) is 12.1 Å². The first-order valence-electron chi connectivity index (χ1n) is 8.30. The summed E-state index contributed by atoms with van der Waals surface area (Å²) in [6.07, 6.45) is 0. The standard InChI is InChI=1S/C18H13ClFN5O3/c19-10-4-6-12(7-5-10)21-14(26)9-24-16-15(22-23-24)17(27)25(18(16)28)13-3-1-2-11(20)8-13/h1-8,15-16H,9H2,(H,21,26)/t15-,16+/m0/s1. The lowest BCUT2D eigenvalue weighted by Crippen LogP contribution is -2.43. The molecule has 0 spiro atoms. The molecule has 2 aromatic carbocycles. The molecule has 4 rings (SSSR count). The Morgan fingerprint density at radius 3 is 2.61 bits per heavy atom. The number of nitrogens with one attached hydrogen (secondary N) is 1. The van der Waals surface area contributed by atoms with Crippen LogP contribution >= 0.6 is 11.6 Å². The molecule has 10 heteroatoms. The number of anilines is 2. The molecule has 2 atom stereocenters. The van der Waals surface area contributed by atoms with Crippen LogP contribution in [0.5, 0.6) is 0 Å². The van der Waals surface area contributed by atoms with Gasteiger partial charge in [-0.3, -0.25) is 19.4 Å². The number of hydrogen-bond acceptors (Lipinski definition) is 6. The van der Waals surface area contributed by atoms with E-state index in [2.05, 4.69) is 15.7 Å². The van der Waals surface area contributed by atoms with E-state index in [1.165, 1.54) is 18.2 Å². The Hall–Kier alpha value is -3.33. The monoisotopic (exact) mass is 401 g/mol. The molecule has 28 heavy (non-hydrogen) atoms. The van der Waals surface area contributed by atoms with Crippen LogP contribution < -0.4 is 10.2 Å². The van der Waals surface area contributed by atoms with Gasteiger partial charge in [-0.05, 0) is 42.5 Å². The van der Waals surface area contributed by atoms with Crippen molar-refractivity contribution in [3.8, 4) is 0 Å². The van der Waals surface area contributed by atoms with Gasteiger partial charge < -0.3 is 5.32 Å². The number of carbonyl (C=O) groups is 3. The number of rotatable bonds is 4. The largest absolute Gasteiger partial charge is 0.324 e. The predicted molar refractivity (Wildman–Crippen MR) is 98.1 cm³/mol. The van der Waals surface area contributed by atoms with Crippen molar-refractivity contribution >= 4 is 40.7 Å². The van der Waals surface area contributed by atoms with E-state index in [1.807, 2.05) is 0 Å². The second-order valence-electron chi connectivity index (χ2n) is 6.24. The van der Waals surface area contributed by atoms with Crippen LogP contribution in [0.25, 0.3) is 0 Å². The molecule has 0 aromatic heterocycles. The zero-order chi connectivity index (χ0) is 19.8. The molecule has 3 amide bonds. The van der Waals surface area contributed by atoms with Gasteiger partial charge in [-0.2, -0.15) is 5.11 Å². The van der Waals surface area contributed by atoms with Gasteiger partial charge in [-0.15, -0.1) is 0 Å². The van der Waals surface area contributed by atoms with E-state index in [0.29, 0.717) is 10.7 Å². The third kappa shape index (κ3) is 3.20. The van der Waals surface area contributed by atoms with E-state index in [1.54, 1.807) is 24.3 Å². The third-order valence-electron chi connectivity index (χ3n) is 4.36. The Morgan fingerprint density at radius 2 is 1.89 bits per heavy atom. The number of benzene rings is 2. The van der Waals surface area contributed by atoms with Gasteiger partial charge in [-0.25, -0.2) is 9.29 Å². The Kier molecular flexibility index (Phi) is 4.52. The van der Waals surface area contributed by atoms with Crippen LogP contribution in [0.2, 0.25) is 5.02 Å². The summed E-state index contributed by atoms with van der Waals surface area (Å²) in [6.45, 7) is -0.275. The summed E-state index contributed by atoms with van der Waals surface area (Å²) in [5.41, 5.74) is 0.641. The normalized spacial score (nSPS) is 20.6. The van der Waals surface area contributed by atoms with E-state index >= 15 is 0 Å². The zero-order valence-corrected chi connectivity index (χ0v) is 15.0. The number of halogens is 2. The fourth-order valence-corrected chi connectivity index (χ4v) is 3.23. The van der Waals surface area contributed by atoms with Gasteiger partial charge in [0.25, 0.3) is 11.8 Å². The van der Waals surface area contributed by atoms with Crippen molar-refractivity contribution in [1.82, 2.24) is 5.01 Å². The Labute approximate surface area is 163 Å². The predicted octanol–water partition coefficient (Wildman–Crippen LogP) is 2.41. The molecular weight excluding hydrogens is 389 g/mol. The smallest absolute Gasteiger partial charge is 0.263 e. The van der Waals surface area contributed by atoms with E-state index in [9.17, 15) is 18.8 Å². The van der Waals surface area contributed by atoms with Crippen molar-refractivity contribution < 1.29 is 18.8 Å². The summed E-state index contributed by atoms with van der Waals surface area (Å²) in [5.74, 6) is -2.22. The first-order chi connectivity index (χ1) is 13.4. The molecule has 8 nitrogen and oxygen atoms in total. The lowest BCUT2D eigenvalue weighted by atomic mass is 10.1. The first-order valence-corrected chi connectivity index (χ1v) is 8.68. The molecule has 142 valence electrons. The van der Waals surface area contributed by atoms with Crippen LogP contribution in [0.1, 0.15) is 0 Å². The quantitative estimate of drug-likeness (QED) is 0.796. The van der Waals surface area contributed by atoms with Crippen LogP contribution in [-0.4, -0.2) is 41.4 Å². The van der Waals surface area contributed by atoms with Gasteiger partial charge in [-0.1, -0.05) is 22.9 Å². The lowest BCUT2D eigenvalue weighted by Gasteiger charge is -2.20. The lowest BCUT2D eigenvalue weighted by molar-refractivity contribution is -0.123. The zero-order valence-electron chi connectivity index (χ0n) is 14.3. The highest BCUT2D eigenvalue weighted by atomic mass is 35.5. The second-order valence-corrected chi connectivity index (χ2v) is 6.68. The van der Waals surface area contributed by atoms with Crippen molar-refractivity contribution in [3.63, 3.8) is 0 Å². The summed E-state index contributed by atoms with van der Waals surface area (Å²) in [6, 6.07) is 9.57. The highest BCUT2D eigenvalue weighted by molar-refractivity contribution is 6.30. The van der Waals surface area contributed by atoms with Gasteiger partial charge in [0.15, 0.2) is 12.1 Å². The maximum absolute atomic E-state index is 13.5. The summed E-state index contributed by atoms with van der Waals surface area (Å²) >= 11 is 5.80. The van der Waals surface area contributed by atoms with E-state index < -0.39 is 35.6 Å². The second kappa shape index (κ2) is 7.01. The van der Waals surface area contributed by atoms with Crippen molar-refractivity contribution in [2.75, 3.05) is 16.8 Å². The van der Waals surface area contributed by atoms with E-state index in [-0.39, 0.29) is 12.2 Å². The molecular formula is C18H13ClFN5O3. The highest BCUT2D eigenvalue weighted by Crippen LogP contribution is 2.32. The fraction of sp³-hybridized carbons (Fsp3) is 0.167. The summed E-state index contributed by atoms with van der Waals surface area (Å²) in [7, 11) is 0. The molecule has 0 bridgehead atoms. The van der Waals surface area contributed by atoms with Crippen LogP contribution in [0, 0.1) is 5.82 Å². The van der Waals surface area contributed by atoms with Gasteiger partial charge in [0, 0.05) is 10.7 Å². The molecule has 1 N–H and O–H groups in total. The third-order valence-corrected chi connectivity index (χ3v) is 4.61. The number of amides is 3. The molecule has 0 saturated carbocycles. The summed E-state index contributed by atoms with van der Waals surface area (Å²) < 4.78 is 13.5. The summed E-state index contributed by atoms with van der Waals surface area (Å²) in [4.78, 5) is 38.5. The van der Waals surface area contributed by atoms with Crippen LogP contribution in [0.4, 0.5) is 15.8 Å². The maximum Gasteiger partial charge on any atom is 0.263 e. The molecule has 2 aliphatic heterocycles. The van der Waals surface area contributed by atoms with E-state index in [4.69, 9.17) is 11.6 Å². The Balaban J connectivity index is 1.49. The van der Waals surface area contributed by atoms with Gasteiger partial charge >= 0.3 is 0 Å². The Bertz CT molecular complexity index is 997. The van der Waals surface area contributed by atoms with Gasteiger partial charge in [0.05, 0.1) is 5.69 Å². The molecule has 2 aliphatic rings. The van der Waals surface area contributed by atoms with Crippen molar-refractivity contribution in [1.29, 1.82) is 0 Å². The molecule has 2 aromatic rings. The van der Waals surface area contributed by atoms with Crippen molar-refractivity contribution in [3.05, 3.63) is 59.4 Å². The first kappa shape index (κ1) is 18.1. The maximum atomic E-state index is 13.5. The number of fused-ring (bicyclic) bond motifs is 1. The van der Waals surface area contributed by atoms with E-state index in [0.717, 1.165) is 16.0 Å². The van der Waals surface area contributed by atoms with Crippen LogP contribution in [0.15, 0.2) is 58.9 Å². The summed E-state index contributed by atoms with van der Waals surface area (Å²) in [5, 5.41) is 12.0. The number of imide groups is 1. The number of hydrogen-bond donors (Lipinski definition) is 1. The number of carbonyl (C=O) groups excluding carboxylic acids is 3. The SMILES string of the molecule is O=C(CN1N=N[C@@H]2C(=O)N(c3cccc(F)c3)C(=O)[C@@H]21)Nc1ccc(Cl)cc1. The minimum Gasteiger partial charge on any atom is -0.324 e. The minimum absolute atomic E-state index is 0.116.